The summed E-state index contributed by atoms with van der Waals surface area (Å²) >= 11 is 0. The molecule has 2 aromatic carbocycles. The number of aliphatic hydroxyl groups excluding tert-OH is 2. The minimum atomic E-state index is -2.27. The fourth-order valence-corrected chi connectivity index (χ4v) is 7.75. The van der Waals surface area contributed by atoms with Crippen LogP contribution in [0.2, 0.25) is 0 Å². The van der Waals surface area contributed by atoms with E-state index in [4.69, 9.17) is 25.2 Å². The number of carbonyl (C=O) groups is 4. The van der Waals surface area contributed by atoms with Crippen molar-refractivity contribution in [3.63, 3.8) is 0 Å². The first-order valence-electron chi connectivity index (χ1n) is 13.5. The molecule has 2 fully saturated rings. The number of hydrogen-bond acceptors (Lipinski definition) is 9. The molecule has 1 saturated carbocycles. The number of phenols is 1. The highest BCUT2D eigenvalue weighted by Crippen LogP contribution is 2.64. The SMILES string of the molecule is CN1CC[C@]23c4c5ccc(O)c4O[C@H]2[C@H](N2C(=O)c4ccccc4C2=O)CC[C@H]3[C@H]1C5.O=C(O)C(O)C(O)C(=O)O. The summed E-state index contributed by atoms with van der Waals surface area (Å²) in [5, 5.41) is 43.2. The van der Waals surface area contributed by atoms with Crippen LogP contribution in [0.3, 0.4) is 0 Å². The lowest BCUT2D eigenvalue weighted by Crippen LogP contribution is -2.68. The van der Waals surface area contributed by atoms with Crippen LogP contribution >= 0.6 is 0 Å². The fourth-order valence-electron chi connectivity index (χ4n) is 7.75. The number of piperidine rings is 1. The second-order valence-electron chi connectivity index (χ2n) is 11.4. The van der Waals surface area contributed by atoms with Gasteiger partial charge in [-0.25, -0.2) is 9.59 Å². The predicted molar refractivity (Wildman–Crippen MR) is 140 cm³/mol. The second-order valence-corrected chi connectivity index (χ2v) is 11.4. The minimum Gasteiger partial charge on any atom is -0.504 e. The first-order chi connectivity index (χ1) is 19.5. The lowest BCUT2D eigenvalue weighted by molar-refractivity contribution is -0.165. The van der Waals surface area contributed by atoms with Crippen LogP contribution in [-0.2, 0) is 21.4 Å². The van der Waals surface area contributed by atoms with Gasteiger partial charge in [0.2, 0.25) is 0 Å². The number of carbonyl (C=O) groups excluding carboxylic acids is 2. The van der Waals surface area contributed by atoms with E-state index >= 15 is 0 Å². The molecule has 3 heterocycles. The van der Waals surface area contributed by atoms with Crippen molar-refractivity contribution in [1.82, 2.24) is 9.80 Å². The van der Waals surface area contributed by atoms with Crippen LogP contribution in [0.25, 0.3) is 0 Å². The number of imide groups is 1. The highest BCUT2D eigenvalue weighted by Gasteiger charge is 2.67. The molecule has 2 aliphatic carbocycles. The Morgan fingerprint density at radius 3 is 2.15 bits per heavy atom. The molecule has 7 atom stereocenters. The maximum atomic E-state index is 13.3. The van der Waals surface area contributed by atoms with Crippen molar-refractivity contribution < 1.29 is 49.4 Å². The van der Waals surface area contributed by atoms with Gasteiger partial charge in [-0.1, -0.05) is 18.2 Å². The maximum Gasteiger partial charge on any atom is 0.335 e. The van der Waals surface area contributed by atoms with Crippen molar-refractivity contribution in [3.8, 4) is 11.5 Å². The summed E-state index contributed by atoms with van der Waals surface area (Å²) in [6, 6.07) is 10.9. The van der Waals surface area contributed by atoms with Crippen molar-refractivity contribution >= 4 is 23.8 Å². The number of aromatic hydroxyl groups is 1. The molecule has 3 aliphatic heterocycles. The Morgan fingerprint density at radius 2 is 1.56 bits per heavy atom. The van der Waals surface area contributed by atoms with Crippen molar-refractivity contribution in [3.05, 3.63) is 58.7 Å². The van der Waals surface area contributed by atoms with Crippen LogP contribution in [-0.4, -0.2) is 103 Å². The quantitative estimate of drug-likeness (QED) is 0.327. The first kappa shape index (κ1) is 27.2. The van der Waals surface area contributed by atoms with Crippen LogP contribution in [0.15, 0.2) is 36.4 Å². The molecule has 12 heteroatoms. The molecule has 216 valence electrons. The Balaban J connectivity index is 0.000000262. The number of nitrogens with zero attached hydrogens (tertiary/aromatic N) is 2. The Kier molecular flexibility index (Phi) is 6.32. The van der Waals surface area contributed by atoms with Gasteiger partial charge < -0.3 is 35.2 Å². The third kappa shape index (κ3) is 3.77. The van der Waals surface area contributed by atoms with E-state index in [0.717, 1.165) is 37.8 Å². The third-order valence-electron chi connectivity index (χ3n) is 9.53. The van der Waals surface area contributed by atoms with Gasteiger partial charge in [-0.05, 0) is 69.0 Å². The zero-order chi connectivity index (χ0) is 29.4. The van der Waals surface area contributed by atoms with Gasteiger partial charge in [0.25, 0.3) is 11.8 Å². The van der Waals surface area contributed by atoms with E-state index in [1.165, 1.54) is 10.5 Å². The van der Waals surface area contributed by atoms with Crippen LogP contribution < -0.4 is 4.74 Å². The highest BCUT2D eigenvalue weighted by molar-refractivity contribution is 6.21. The summed E-state index contributed by atoms with van der Waals surface area (Å²) in [6.07, 6.45) is -1.29. The Hall–Kier alpha value is -4.00. The first-order valence-corrected chi connectivity index (χ1v) is 13.5. The molecule has 12 nitrogen and oxygen atoms in total. The minimum absolute atomic E-state index is 0.166. The van der Waals surface area contributed by atoms with Crippen molar-refractivity contribution in [2.75, 3.05) is 13.6 Å². The number of amides is 2. The number of carboxylic acids is 2. The standard InChI is InChI=1S/C25H24N2O4.C4H6O6/c1-26-11-10-25-16-7-8-17(27-23(29)14-4-2-3-5-15(14)24(27)30)22(25)31-21-19(28)9-6-13(20(21)25)12-18(16)26;5-1(3(7)8)2(6)4(9)10/h2-6,9,16-18,22,28H,7-8,10-12H2,1H3;1-2,5-6H,(H,7,8)(H,9,10)/t16-,17+,18+,22-,25-;/m0./s1. The molecule has 2 amide bonds. The number of ether oxygens (including phenoxy) is 1. The van der Waals surface area contributed by atoms with Crippen LogP contribution in [0, 0.1) is 5.92 Å². The van der Waals surface area contributed by atoms with Gasteiger partial charge >= 0.3 is 11.9 Å². The summed E-state index contributed by atoms with van der Waals surface area (Å²) in [5.41, 5.74) is 3.10. The zero-order valence-electron chi connectivity index (χ0n) is 22.1. The number of aliphatic hydroxyl groups is 2. The number of aliphatic carboxylic acids is 2. The lowest BCUT2D eigenvalue weighted by Gasteiger charge is -2.59. The van der Waals surface area contributed by atoms with E-state index in [1.807, 2.05) is 6.07 Å². The number of hydrogen-bond donors (Lipinski definition) is 5. The van der Waals surface area contributed by atoms with E-state index in [2.05, 4.69) is 11.9 Å². The highest BCUT2D eigenvalue weighted by atomic mass is 16.5. The maximum absolute atomic E-state index is 13.3. The van der Waals surface area contributed by atoms with E-state index in [-0.39, 0.29) is 35.1 Å². The Bertz CT molecular complexity index is 1420. The summed E-state index contributed by atoms with van der Waals surface area (Å²) in [6.45, 7) is 0.949. The molecule has 7 rings (SSSR count). The number of benzene rings is 2. The van der Waals surface area contributed by atoms with E-state index in [0.29, 0.717) is 28.8 Å². The second kappa shape index (κ2) is 9.54. The van der Waals surface area contributed by atoms with Gasteiger partial charge in [-0.2, -0.15) is 0 Å². The number of rotatable bonds is 4. The Morgan fingerprint density at radius 1 is 0.951 bits per heavy atom. The van der Waals surface area contributed by atoms with Gasteiger partial charge in [0.1, 0.15) is 6.10 Å². The monoisotopic (exact) mass is 566 g/mol. The van der Waals surface area contributed by atoms with Gasteiger partial charge in [-0.3, -0.25) is 14.5 Å². The average Bonchev–Trinajstić information content (AvgIpc) is 3.43. The molecule has 1 spiro atoms. The molecule has 1 saturated heterocycles. The summed E-state index contributed by atoms with van der Waals surface area (Å²) < 4.78 is 6.55. The average molecular weight is 567 g/mol. The Labute approximate surface area is 234 Å². The van der Waals surface area contributed by atoms with Crippen molar-refractivity contribution in [2.45, 2.75) is 61.5 Å². The van der Waals surface area contributed by atoms with Gasteiger partial charge in [0, 0.05) is 17.0 Å². The molecule has 41 heavy (non-hydrogen) atoms. The van der Waals surface area contributed by atoms with Gasteiger partial charge in [0.15, 0.2) is 23.7 Å². The third-order valence-corrected chi connectivity index (χ3v) is 9.53. The van der Waals surface area contributed by atoms with Crippen LogP contribution in [0.4, 0.5) is 0 Å². The molecule has 2 unspecified atom stereocenters. The van der Waals surface area contributed by atoms with Crippen LogP contribution in [0.1, 0.15) is 51.1 Å². The molecule has 0 radical (unpaired) electrons. The molecular weight excluding hydrogens is 536 g/mol. The molecule has 2 bridgehead atoms. The number of carboxylic acid groups (broad SMARTS) is 2. The largest absolute Gasteiger partial charge is 0.504 e. The molecule has 2 aromatic rings. The summed E-state index contributed by atoms with van der Waals surface area (Å²) in [7, 11) is 2.20. The normalized spacial score (nSPS) is 30.4. The molecular formula is C29H30N2O10. The van der Waals surface area contributed by atoms with Crippen LogP contribution in [0.5, 0.6) is 11.5 Å². The number of likely N-dealkylation sites (tertiary alicyclic amines) is 1. The van der Waals surface area contributed by atoms with E-state index in [9.17, 15) is 24.3 Å². The zero-order valence-corrected chi connectivity index (χ0v) is 22.1. The predicted octanol–water partition coefficient (Wildman–Crippen LogP) is 0.603. The lowest BCUT2D eigenvalue weighted by atomic mass is 9.51. The van der Waals surface area contributed by atoms with Gasteiger partial charge in [-0.15, -0.1) is 0 Å². The van der Waals surface area contributed by atoms with E-state index < -0.39 is 24.1 Å². The summed E-state index contributed by atoms with van der Waals surface area (Å²) in [4.78, 5) is 50.1. The number of likely N-dealkylation sites (N-methyl/N-ethyl adjacent to an activating group) is 1. The molecule has 5 aliphatic rings. The number of phenolic OH excluding ortho intramolecular Hbond substituents is 1. The molecule has 0 aromatic heterocycles. The van der Waals surface area contributed by atoms with Gasteiger partial charge in [0.05, 0.1) is 17.2 Å². The number of fused-ring (bicyclic) bond motifs is 1. The van der Waals surface area contributed by atoms with E-state index in [1.54, 1.807) is 30.3 Å². The molecule has 5 N–H and O–H groups in total. The van der Waals surface area contributed by atoms with Crippen molar-refractivity contribution in [2.24, 2.45) is 5.92 Å². The van der Waals surface area contributed by atoms with Crippen molar-refractivity contribution in [1.29, 1.82) is 0 Å². The smallest absolute Gasteiger partial charge is 0.335 e. The summed E-state index contributed by atoms with van der Waals surface area (Å²) in [5.74, 6) is -2.82. The fraction of sp³-hybridized carbons (Fsp3) is 0.448. The topological polar surface area (TPSA) is 185 Å².